The fraction of sp³-hybridized carbons (Fsp3) is 0.300. The zero-order valence-electron chi connectivity index (χ0n) is 7.90. The highest BCUT2D eigenvalue weighted by molar-refractivity contribution is 14.1. The maximum atomic E-state index is 11.0. The van der Waals surface area contributed by atoms with E-state index in [-0.39, 0.29) is 24.5 Å². The molecule has 1 aliphatic heterocycles. The first kappa shape index (κ1) is 12.6. The molecule has 0 aromatic heterocycles. The van der Waals surface area contributed by atoms with Gasteiger partial charge in [-0.2, -0.15) is 0 Å². The SMILES string of the molecule is Cl.O=C1N[C@@H](c2ccccc2I)CCO1. The van der Waals surface area contributed by atoms with E-state index in [1.807, 2.05) is 24.3 Å². The number of halogens is 2. The normalized spacial score (nSPS) is 19.8. The Labute approximate surface area is 108 Å². The molecule has 5 heteroatoms. The van der Waals surface area contributed by atoms with E-state index in [0.29, 0.717) is 6.61 Å². The number of rotatable bonds is 1. The average molecular weight is 340 g/mol. The largest absolute Gasteiger partial charge is 0.449 e. The maximum Gasteiger partial charge on any atom is 0.407 e. The van der Waals surface area contributed by atoms with Gasteiger partial charge in [0.25, 0.3) is 0 Å². The molecule has 1 aromatic rings. The lowest BCUT2D eigenvalue weighted by Crippen LogP contribution is -2.35. The van der Waals surface area contributed by atoms with Crippen LogP contribution in [0.1, 0.15) is 18.0 Å². The summed E-state index contributed by atoms with van der Waals surface area (Å²) in [6.07, 6.45) is 0.520. The van der Waals surface area contributed by atoms with Crippen LogP contribution in [0.15, 0.2) is 24.3 Å². The van der Waals surface area contributed by atoms with E-state index < -0.39 is 0 Å². The number of ether oxygens (including phenoxy) is 1. The topological polar surface area (TPSA) is 38.3 Å². The van der Waals surface area contributed by atoms with E-state index in [4.69, 9.17) is 4.74 Å². The van der Waals surface area contributed by atoms with Gasteiger partial charge < -0.3 is 10.1 Å². The molecule has 1 atom stereocenters. The van der Waals surface area contributed by atoms with Gasteiger partial charge in [-0.05, 0) is 34.2 Å². The van der Waals surface area contributed by atoms with E-state index in [1.54, 1.807) is 0 Å². The molecule has 82 valence electrons. The molecule has 0 aliphatic carbocycles. The van der Waals surface area contributed by atoms with Gasteiger partial charge in [0.15, 0.2) is 0 Å². The zero-order valence-corrected chi connectivity index (χ0v) is 10.9. The van der Waals surface area contributed by atoms with Crippen LogP contribution in [-0.4, -0.2) is 12.7 Å². The van der Waals surface area contributed by atoms with Crippen molar-refractivity contribution in [2.24, 2.45) is 0 Å². The molecule has 1 N–H and O–H groups in total. The summed E-state index contributed by atoms with van der Waals surface area (Å²) in [5, 5.41) is 2.81. The smallest absolute Gasteiger partial charge is 0.407 e. The summed E-state index contributed by atoms with van der Waals surface area (Å²) in [4.78, 5) is 11.0. The molecule has 0 radical (unpaired) electrons. The number of alkyl carbamates (subject to hydrolysis) is 1. The van der Waals surface area contributed by atoms with Crippen LogP contribution in [0.25, 0.3) is 0 Å². The minimum Gasteiger partial charge on any atom is -0.449 e. The van der Waals surface area contributed by atoms with Crippen molar-refractivity contribution in [2.75, 3.05) is 6.61 Å². The number of amides is 1. The van der Waals surface area contributed by atoms with Crippen molar-refractivity contribution in [3.8, 4) is 0 Å². The van der Waals surface area contributed by atoms with Crippen molar-refractivity contribution in [3.05, 3.63) is 33.4 Å². The van der Waals surface area contributed by atoms with E-state index >= 15 is 0 Å². The third-order valence-electron chi connectivity index (χ3n) is 2.21. The highest BCUT2D eigenvalue weighted by Gasteiger charge is 2.21. The highest BCUT2D eigenvalue weighted by Crippen LogP contribution is 2.24. The van der Waals surface area contributed by atoms with Crippen LogP contribution in [0.3, 0.4) is 0 Å². The first-order chi connectivity index (χ1) is 6.77. The summed E-state index contributed by atoms with van der Waals surface area (Å²) >= 11 is 2.28. The predicted molar refractivity (Wildman–Crippen MR) is 68.2 cm³/mol. The Morgan fingerprint density at radius 3 is 2.80 bits per heavy atom. The number of hydrogen-bond acceptors (Lipinski definition) is 2. The number of benzene rings is 1. The van der Waals surface area contributed by atoms with Gasteiger partial charge in [0, 0.05) is 9.99 Å². The van der Waals surface area contributed by atoms with Crippen molar-refractivity contribution >= 4 is 41.1 Å². The fourth-order valence-electron chi connectivity index (χ4n) is 1.52. The van der Waals surface area contributed by atoms with Gasteiger partial charge in [-0.3, -0.25) is 0 Å². The van der Waals surface area contributed by atoms with Crippen molar-refractivity contribution in [3.63, 3.8) is 0 Å². The molecule has 1 aliphatic rings. The number of carbonyl (C=O) groups is 1. The predicted octanol–water partition coefficient (Wildman–Crippen LogP) is 2.88. The summed E-state index contributed by atoms with van der Waals surface area (Å²) in [5.74, 6) is 0. The molecule has 15 heavy (non-hydrogen) atoms. The Morgan fingerprint density at radius 1 is 1.40 bits per heavy atom. The lowest BCUT2D eigenvalue weighted by molar-refractivity contribution is 0.115. The second kappa shape index (κ2) is 5.55. The standard InChI is InChI=1S/C10H10INO2.ClH/c11-8-4-2-1-3-7(8)9-5-6-14-10(13)12-9;/h1-4,9H,5-6H2,(H,12,13);1H/t9-;/m1./s1. The van der Waals surface area contributed by atoms with Gasteiger partial charge >= 0.3 is 6.09 Å². The van der Waals surface area contributed by atoms with E-state index in [9.17, 15) is 4.79 Å². The maximum absolute atomic E-state index is 11.0. The molecular weight excluding hydrogens is 328 g/mol. The summed E-state index contributed by atoms with van der Waals surface area (Å²) < 4.78 is 6.00. The molecule has 0 saturated carbocycles. The molecule has 0 bridgehead atoms. The van der Waals surface area contributed by atoms with Gasteiger partial charge in [0.1, 0.15) is 0 Å². The summed E-state index contributed by atoms with van der Waals surface area (Å²) in [6.45, 7) is 0.501. The lowest BCUT2D eigenvalue weighted by Gasteiger charge is -2.24. The zero-order chi connectivity index (χ0) is 9.97. The Morgan fingerprint density at radius 2 is 2.13 bits per heavy atom. The molecule has 2 rings (SSSR count). The quantitative estimate of drug-likeness (QED) is 0.799. The van der Waals surface area contributed by atoms with Crippen LogP contribution in [0.4, 0.5) is 4.79 Å². The third kappa shape index (κ3) is 2.98. The second-order valence-corrected chi connectivity index (χ2v) is 4.31. The van der Waals surface area contributed by atoms with Crippen LogP contribution in [0, 0.1) is 3.57 Å². The molecule has 1 saturated heterocycles. The molecule has 0 unspecified atom stereocenters. The Hall–Kier alpha value is -0.490. The summed E-state index contributed by atoms with van der Waals surface area (Å²) in [7, 11) is 0. The molecule has 3 nitrogen and oxygen atoms in total. The monoisotopic (exact) mass is 339 g/mol. The van der Waals surface area contributed by atoms with E-state index in [2.05, 4.69) is 27.9 Å². The van der Waals surface area contributed by atoms with Gasteiger partial charge in [0.05, 0.1) is 12.6 Å². The van der Waals surface area contributed by atoms with Crippen molar-refractivity contribution in [1.29, 1.82) is 0 Å². The van der Waals surface area contributed by atoms with E-state index in [0.717, 1.165) is 6.42 Å². The minimum absolute atomic E-state index is 0. The fourth-order valence-corrected chi connectivity index (χ4v) is 2.28. The third-order valence-corrected chi connectivity index (χ3v) is 3.19. The van der Waals surface area contributed by atoms with Crippen LogP contribution in [-0.2, 0) is 4.74 Å². The van der Waals surface area contributed by atoms with Crippen LogP contribution in [0.5, 0.6) is 0 Å². The summed E-state index contributed by atoms with van der Waals surface area (Å²) in [6, 6.07) is 8.16. The first-order valence-corrected chi connectivity index (χ1v) is 5.53. The molecule has 1 amide bonds. The molecule has 0 spiro atoms. The number of cyclic esters (lactones) is 1. The first-order valence-electron chi connectivity index (χ1n) is 4.45. The molecule has 1 aromatic carbocycles. The van der Waals surface area contributed by atoms with Crippen molar-refractivity contribution in [2.45, 2.75) is 12.5 Å². The van der Waals surface area contributed by atoms with Crippen LogP contribution >= 0.6 is 35.0 Å². The lowest BCUT2D eigenvalue weighted by atomic mass is 10.0. The van der Waals surface area contributed by atoms with Crippen molar-refractivity contribution in [1.82, 2.24) is 5.32 Å². The molecular formula is C10H11ClINO2. The van der Waals surface area contributed by atoms with Gasteiger partial charge in [-0.15, -0.1) is 12.4 Å². The van der Waals surface area contributed by atoms with Crippen LogP contribution < -0.4 is 5.32 Å². The van der Waals surface area contributed by atoms with Gasteiger partial charge in [-0.25, -0.2) is 4.79 Å². The summed E-state index contributed by atoms with van der Waals surface area (Å²) in [5.41, 5.74) is 1.17. The Bertz CT molecular complexity index is 359. The molecule has 1 fully saturated rings. The number of hydrogen-bond donors (Lipinski definition) is 1. The number of nitrogens with one attached hydrogen (secondary N) is 1. The van der Waals surface area contributed by atoms with Crippen molar-refractivity contribution < 1.29 is 9.53 Å². The number of carbonyl (C=O) groups excluding carboxylic acids is 1. The second-order valence-electron chi connectivity index (χ2n) is 3.14. The van der Waals surface area contributed by atoms with E-state index in [1.165, 1.54) is 9.13 Å². The molecule has 1 heterocycles. The van der Waals surface area contributed by atoms with Crippen LogP contribution in [0.2, 0.25) is 0 Å². The average Bonchev–Trinajstić information content (AvgIpc) is 2.18. The highest BCUT2D eigenvalue weighted by atomic mass is 127. The van der Waals surface area contributed by atoms with Gasteiger partial charge in [0.2, 0.25) is 0 Å². The minimum atomic E-state index is -0.319. The Kier molecular flexibility index (Phi) is 4.66. The van der Waals surface area contributed by atoms with Gasteiger partial charge in [-0.1, -0.05) is 18.2 Å². The Balaban J connectivity index is 0.00000112.